The van der Waals surface area contributed by atoms with E-state index in [0.717, 1.165) is 23.1 Å². The summed E-state index contributed by atoms with van der Waals surface area (Å²) in [4.78, 5) is 28.2. The highest BCUT2D eigenvalue weighted by atomic mass is 19.1. The molecular weight excluding hydrogens is 525 g/mol. The number of hydrogen-bond donors (Lipinski definition) is 1. The van der Waals surface area contributed by atoms with E-state index in [9.17, 15) is 14.7 Å². The molecule has 2 heterocycles. The molecule has 0 aromatic heterocycles. The molecule has 41 heavy (non-hydrogen) atoms. The molecule has 1 amide bonds. The van der Waals surface area contributed by atoms with Crippen LogP contribution in [0, 0.1) is 19.7 Å². The van der Waals surface area contributed by atoms with Gasteiger partial charge in [-0.05, 0) is 112 Å². The zero-order valence-electron chi connectivity index (χ0n) is 24.4. The number of aryl methyl sites for hydroxylation is 1. The Morgan fingerprint density at radius 3 is 2.54 bits per heavy atom. The fourth-order valence-electron chi connectivity index (χ4n) is 5.97. The van der Waals surface area contributed by atoms with Gasteiger partial charge < -0.3 is 24.2 Å². The van der Waals surface area contributed by atoms with Crippen molar-refractivity contribution in [1.29, 1.82) is 0 Å². The molecule has 3 aromatic carbocycles. The minimum Gasteiger partial charge on any atom is -0.497 e. The minimum absolute atomic E-state index is 0.191. The predicted molar refractivity (Wildman–Crippen MR) is 155 cm³/mol. The van der Waals surface area contributed by atoms with Crippen molar-refractivity contribution in [2.75, 3.05) is 25.2 Å². The van der Waals surface area contributed by atoms with Crippen LogP contribution >= 0.6 is 0 Å². The topological polar surface area (TPSA) is 85.3 Å². The number of fused-ring (bicyclic) bond motifs is 2. The molecule has 0 saturated carbocycles. The van der Waals surface area contributed by atoms with E-state index in [2.05, 4.69) is 0 Å². The van der Waals surface area contributed by atoms with Gasteiger partial charge in [-0.1, -0.05) is 6.07 Å². The van der Waals surface area contributed by atoms with Crippen LogP contribution in [0.1, 0.15) is 71.5 Å². The number of carbonyl (C=O) groups is 2. The lowest BCUT2D eigenvalue weighted by Crippen LogP contribution is -2.29. The highest BCUT2D eigenvalue weighted by Gasteiger charge is 2.37. The van der Waals surface area contributed by atoms with Gasteiger partial charge in [-0.15, -0.1) is 0 Å². The van der Waals surface area contributed by atoms with Crippen LogP contribution in [0.25, 0.3) is 11.1 Å². The summed E-state index contributed by atoms with van der Waals surface area (Å²) in [5.74, 6) is -0.964. The Morgan fingerprint density at radius 2 is 1.85 bits per heavy atom. The molecule has 1 N–H and O–H groups in total. The number of hydrogen-bond acceptors (Lipinski definition) is 5. The summed E-state index contributed by atoms with van der Waals surface area (Å²) in [6, 6.07) is 10.3. The van der Waals surface area contributed by atoms with Gasteiger partial charge in [0.15, 0.2) is 17.7 Å². The number of amides is 1. The number of carboxylic acids is 1. The minimum atomic E-state index is -1.30. The summed E-state index contributed by atoms with van der Waals surface area (Å²) < 4.78 is 32.7. The van der Waals surface area contributed by atoms with Gasteiger partial charge in [-0.2, -0.15) is 0 Å². The standard InChI is InChI=1S/C33H36FNO6/c1-18-15-26-23(12-13-35(26)31(36)20-9-7-10-21(16-20)39-6)28(27(18)30(32(37)38)41-33(3,4)5)24-17-25(34)29-22(19(24)2)11-8-14-40-29/h7,9-10,15-17,30H,8,11-14H2,1-6H3,(H,37,38). The Labute approximate surface area is 239 Å². The van der Waals surface area contributed by atoms with Gasteiger partial charge in [-0.3, -0.25) is 4.79 Å². The number of aliphatic carboxylic acids is 1. The zero-order chi connectivity index (χ0) is 29.6. The second kappa shape index (κ2) is 10.8. The summed E-state index contributed by atoms with van der Waals surface area (Å²) in [6.07, 6.45) is 0.609. The number of anilines is 1. The second-order valence-electron chi connectivity index (χ2n) is 11.7. The van der Waals surface area contributed by atoms with Crippen LogP contribution in [-0.2, 0) is 22.4 Å². The van der Waals surface area contributed by atoms with Crippen LogP contribution in [-0.4, -0.2) is 42.8 Å². The number of ether oxygens (including phenoxy) is 3. The first-order valence-corrected chi connectivity index (χ1v) is 13.9. The van der Waals surface area contributed by atoms with Crippen molar-refractivity contribution >= 4 is 17.6 Å². The fraction of sp³-hybridized carbons (Fsp3) is 0.394. The van der Waals surface area contributed by atoms with Gasteiger partial charge in [-0.25, -0.2) is 9.18 Å². The molecule has 5 rings (SSSR count). The van der Waals surface area contributed by atoms with Gasteiger partial charge >= 0.3 is 5.97 Å². The quantitative estimate of drug-likeness (QED) is 0.366. The molecule has 1 atom stereocenters. The van der Waals surface area contributed by atoms with Gasteiger partial charge in [0.1, 0.15) is 5.75 Å². The number of carbonyl (C=O) groups excluding carboxylic acids is 1. The first kappa shape index (κ1) is 28.6. The number of methoxy groups -OCH3 is 1. The summed E-state index contributed by atoms with van der Waals surface area (Å²) >= 11 is 0. The van der Waals surface area contributed by atoms with Gasteiger partial charge in [0, 0.05) is 28.9 Å². The molecular formula is C33H36FNO6. The van der Waals surface area contributed by atoms with Crippen molar-refractivity contribution in [3.63, 3.8) is 0 Å². The monoisotopic (exact) mass is 561 g/mol. The van der Waals surface area contributed by atoms with Gasteiger partial charge in [0.2, 0.25) is 0 Å². The average molecular weight is 562 g/mol. The Hall–Kier alpha value is -3.91. The van der Waals surface area contributed by atoms with Gasteiger partial charge in [0.25, 0.3) is 5.91 Å². The summed E-state index contributed by atoms with van der Waals surface area (Å²) in [5.41, 5.74) is 5.16. The maximum absolute atomic E-state index is 15.6. The average Bonchev–Trinajstić information content (AvgIpc) is 3.35. The third-order valence-corrected chi connectivity index (χ3v) is 7.76. The Morgan fingerprint density at radius 1 is 1.10 bits per heavy atom. The third-order valence-electron chi connectivity index (χ3n) is 7.76. The summed E-state index contributed by atoms with van der Waals surface area (Å²) in [7, 11) is 1.55. The molecule has 216 valence electrons. The van der Waals surface area contributed by atoms with Crippen LogP contribution in [0.3, 0.4) is 0 Å². The molecule has 7 nitrogen and oxygen atoms in total. The molecule has 0 bridgehead atoms. The second-order valence-corrected chi connectivity index (χ2v) is 11.7. The van der Waals surface area contributed by atoms with E-state index in [-0.39, 0.29) is 11.7 Å². The van der Waals surface area contributed by atoms with Crippen molar-refractivity contribution in [2.24, 2.45) is 0 Å². The molecule has 1 unspecified atom stereocenters. The van der Waals surface area contributed by atoms with Crippen molar-refractivity contribution in [3.8, 4) is 22.6 Å². The molecule has 2 aliphatic heterocycles. The van der Waals surface area contributed by atoms with E-state index >= 15 is 4.39 Å². The SMILES string of the molecule is COc1cccc(C(=O)N2CCc3c2cc(C)c(C(OC(C)(C)C)C(=O)O)c3-c2cc(F)c3c(c2C)CCCO3)c1. The number of rotatable bonds is 6. The molecule has 0 fully saturated rings. The van der Waals surface area contributed by atoms with Crippen LogP contribution in [0.5, 0.6) is 11.5 Å². The first-order valence-electron chi connectivity index (χ1n) is 13.9. The maximum atomic E-state index is 15.6. The van der Waals surface area contributed by atoms with Crippen LogP contribution in [0.15, 0.2) is 36.4 Å². The third kappa shape index (κ3) is 5.28. The number of benzene rings is 3. The van der Waals surface area contributed by atoms with Crippen molar-refractivity contribution in [1.82, 2.24) is 0 Å². The molecule has 2 aliphatic rings. The van der Waals surface area contributed by atoms with E-state index in [1.807, 2.05) is 19.9 Å². The molecule has 0 radical (unpaired) electrons. The lowest BCUT2D eigenvalue weighted by Gasteiger charge is -2.30. The summed E-state index contributed by atoms with van der Waals surface area (Å²) in [5, 5.41) is 10.4. The van der Waals surface area contributed by atoms with Crippen LogP contribution < -0.4 is 14.4 Å². The highest BCUT2D eigenvalue weighted by molar-refractivity contribution is 6.08. The predicted octanol–water partition coefficient (Wildman–Crippen LogP) is 6.59. The van der Waals surface area contributed by atoms with E-state index < -0.39 is 23.5 Å². The number of carboxylic acid groups (broad SMARTS) is 1. The fourth-order valence-corrected chi connectivity index (χ4v) is 5.97. The van der Waals surface area contributed by atoms with Crippen molar-refractivity contribution < 1.29 is 33.3 Å². The van der Waals surface area contributed by atoms with E-state index in [0.29, 0.717) is 65.2 Å². The molecule has 8 heteroatoms. The Bertz CT molecular complexity index is 1540. The lowest BCUT2D eigenvalue weighted by molar-refractivity contribution is -0.160. The smallest absolute Gasteiger partial charge is 0.337 e. The Balaban J connectivity index is 1.76. The largest absolute Gasteiger partial charge is 0.497 e. The van der Waals surface area contributed by atoms with Crippen LogP contribution in [0.2, 0.25) is 0 Å². The van der Waals surface area contributed by atoms with Gasteiger partial charge in [0.05, 0.1) is 19.3 Å². The normalized spacial score (nSPS) is 15.1. The number of halogens is 1. The van der Waals surface area contributed by atoms with Crippen molar-refractivity contribution in [2.45, 2.75) is 65.6 Å². The lowest BCUT2D eigenvalue weighted by atomic mass is 9.83. The first-order chi connectivity index (χ1) is 19.4. The molecule has 0 spiro atoms. The zero-order valence-corrected chi connectivity index (χ0v) is 24.4. The summed E-state index contributed by atoms with van der Waals surface area (Å²) in [6.45, 7) is 10.0. The molecule has 0 saturated heterocycles. The van der Waals surface area contributed by atoms with Crippen LogP contribution in [0.4, 0.5) is 10.1 Å². The number of nitrogens with zero attached hydrogens (tertiary/aromatic N) is 1. The maximum Gasteiger partial charge on any atom is 0.337 e. The van der Waals surface area contributed by atoms with E-state index in [1.54, 1.807) is 57.0 Å². The molecule has 0 aliphatic carbocycles. The Kier molecular flexibility index (Phi) is 7.55. The van der Waals surface area contributed by atoms with Crippen molar-refractivity contribution in [3.05, 3.63) is 75.6 Å². The highest BCUT2D eigenvalue weighted by Crippen LogP contribution is 2.48. The molecule has 3 aromatic rings. The van der Waals surface area contributed by atoms with E-state index in [4.69, 9.17) is 14.2 Å². The van der Waals surface area contributed by atoms with E-state index in [1.165, 1.54) is 6.07 Å².